The van der Waals surface area contributed by atoms with Gasteiger partial charge in [-0.2, -0.15) is 9.98 Å². The molecular formula is C5H6N2O2. The van der Waals surface area contributed by atoms with Gasteiger partial charge in [-0.15, -0.1) is 0 Å². The second kappa shape index (κ2) is 2.50. The Morgan fingerprint density at radius 2 is 2.44 bits per heavy atom. The topological polar surface area (TPSA) is 62.0 Å². The van der Waals surface area contributed by atoms with E-state index in [2.05, 4.69) is 9.98 Å². The van der Waals surface area contributed by atoms with Crippen molar-refractivity contribution in [3.63, 3.8) is 0 Å². The van der Waals surface area contributed by atoms with Crippen molar-refractivity contribution in [2.24, 2.45) is 9.98 Å². The molecule has 0 saturated heterocycles. The van der Waals surface area contributed by atoms with E-state index in [0.717, 1.165) is 0 Å². The van der Waals surface area contributed by atoms with Crippen molar-refractivity contribution >= 4 is 18.0 Å². The van der Waals surface area contributed by atoms with E-state index in [1.807, 2.05) is 0 Å². The molecule has 9 heavy (non-hydrogen) atoms. The first kappa shape index (κ1) is 6.10. The summed E-state index contributed by atoms with van der Waals surface area (Å²) in [4.78, 5) is 17.1. The number of hydrogen-bond donors (Lipinski definition) is 1. The average Bonchev–Trinajstić information content (AvgIpc) is 2.17. The lowest BCUT2D eigenvalue weighted by atomic mass is 10.3. The minimum Gasteiger partial charge on any atom is -0.396 e. The van der Waals surface area contributed by atoms with Crippen molar-refractivity contribution in [1.29, 1.82) is 0 Å². The molecular weight excluding hydrogens is 120 g/mol. The van der Waals surface area contributed by atoms with Gasteiger partial charge < -0.3 is 5.11 Å². The lowest BCUT2D eigenvalue weighted by Gasteiger charge is -1.85. The number of carbonyl (C=O) groups is 1. The number of aliphatic hydroxyl groups is 1. The van der Waals surface area contributed by atoms with E-state index in [-0.39, 0.29) is 6.61 Å². The van der Waals surface area contributed by atoms with Gasteiger partial charge in [-0.05, 0) is 0 Å². The van der Waals surface area contributed by atoms with E-state index in [4.69, 9.17) is 5.11 Å². The highest BCUT2D eigenvalue weighted by Crippen LogP contribution is 1.94. The fraction of sp³-hybridized carbons (Fsp3) is 0.400. The molecule has 0 saturated carbocycles. The molecule has 0 aromatic heterocycles. The van der Waals surface area contributed by atoms with Crippen LogP contribution in [0, 0.1) is 0 Å². The van der Waals surface area contributed by atoms with Gasteiger partial charge in [0, 0.05) is 13.0 Å². The maximum Gasteiger partial charge on any atom is 0.367 e. The molecule has 4 heteroatoms. The standard InChI is InChI=1S/C5H6N2O2/c8-2-1-4-3-6-5(9)7-4/h3,8H,1-2H2. The van der Waals surface area contributed by atoms with Crippen LogP contribution in [0.5, 0.6) is 0 Å². The maximum absolute atomic E-state index is 10.3. The number of aliphatic imine (C=N–C) groups is 2. The predicted octanol–water partition coefficient (Wildman–Crippen LogP) is 0.0142. The van der Waals surface area contributed by atoms with Crippen LogP contribution in [0.4, 0.5) is 4.79 Å². The van der Waals surface area contributed by atoms with Gasteiger partial charge in [-0.25, -0.2) is 4.79 Å². The second-order valence-corrected chi connectivity index (χ2v) is 1.62. The Morgan fingerprint density at radius 1 is 1.67 bits per heavy atom. The molecule has 0 fully saturated rings. The number of aliphatic hydroxyl groups excluding tert-OH is 1. The molecule has 0 unspecified atom stereocenters. The summed E-state index contributed by atoms with van der Waals surface area (Å²) in [5, 5.41) is 8.36. The highest BCUT2D eigenvalue weighted by molar-refractivity contribution is 6.37. The van der Waals surface area contributed by atoms with Gasteiger partial charge in [0.15, 0.2) is 0 Å². The lowest BCUT2D eigenvalue weighted by molar-refractivity contribution is 0.257. The Morgan fingerprint density at radius 3 is 2.89 bits per heavy atom. The van der Waals surface area contributed by atoms with E-state index in [9.17, 15) is 4.79 Å². The van der Waals surface area contributed by atoms with Crippen LogP contribution in [0.2, 0.25) is 0 Å². The van der Waals surface area contributed by atoms with Crippen LogP contribution < -0.4 is 0 Å². The lowest BCUT2D eigenvalue weighted by Crippen LogP contribution is -1.98. The van der Waals surface area contributed by atoms with Crippen LogP contribution in [-0.2, 0) is 0 Å². The zero-order chi connectivity index (χ0) is 6.69. The minimum absolute atomic E-state index is 0.0120. The number of amides is 2. The van der Waals surface area contributed by atoms with Crippen LogP contribution in [0.15, 0.2) is 9.98 Å². The first-order chi connectivity index (χ1) is 4.33. The van der Waals surface area contributed by atoms with Crippen LogP contribution in [-0.4, -0.2) is 29.7 Å². The molecule has 1 heterocycles. The summed E-state index contributed by atoms with van der Waals surface area (Å²) in [7, 11) is 0. The second-order valence-electron chi connectivity index (χ2n) is 1.62. The van der Waals surface area contributed by atoms with Crippen LogP contribution in [0.1, 0.15) is 6.42 Å². The van der Waals surface area contributed by atoms with Gasteiger partial charge in [0.25, 0.3) is 0 Å². The average molecular weight is 126 g/mol. The largest absolute Gasteiger partial charge is 0.396 e. The predicted molar refractivity (Wildman–Crippen MR) is 33.0 cm³/mol. The number of hydrogen-bond acceptors (Lipinski definition) is 2. The van der Waals surface area contributed by atoms with Crippen molar-refractivity contribution in [2.75, 3.05) is 6.61 Å². The van der Waals surface area contributed by atoms with Gasteiger partial charge in [0.05, 0.1) is 11.9 Å². The fourth-order valence-electron chi connectivity index (χ4n) is 0.545. The van der Waals surface area contributed by atoms with Crippen molar-refractivity contribution < 1.29 is 9.90 Å². The van der Waals surface area contributed by atoms with Gasteiger partial charge in [0.2, 0.25) is 0 Å². The van der Waals surface area contributed by atoms with Crippen molar-refractivity contribution in [3.8, 4) is 0 Å². The molecule has 4 nitrogen and oxygen atoms in total. The molecule has 0 atom stereocenters. The monoisotopic (exact) mass is 126 g/mol. The Labute approximate surface area is 51.9 Å². The molecule has 0 aromatic rings. The Kier molecular flexibility index (Phi) is 1.69. The van der Waals surface area contributed by atoms with Gasteiger partial charge in [0.1, 0.15) is 0 Å². The summed E-state index contributed by atoms with van der Waals surface area (Å²) >= 11 is 0. The van der Waals surface area contributed by atoms with E-state index in [1.54, 1.807) is 0 Å². The SMILES string of the molecule is O=C1N=CC(CCO)=N1. The zero-order valence-electron chi connectivity index (χ0n) is 4.74. The van der Waals surface area contributed by atoms with Crippen molar-refractivity contribution in [2.45, 2.75) is 6.42 Å². The number of nitrogens with zero attached hydrogens (tertiary/aromatic N) is 2. The van der Waals surface area contributed by atoms with Gasteiger partial charge in [-0.3, -0.25) is 0 Å². The number of urea groups is 1. The summed E-state index contributed by atoms with van der Waals surface area (Å²) in [6.45, 7) is 0.0120. The Bertz CT molecular complexity index is 183. The zero-order valence-corrected chi connectivity index (χ0v) is 4.74. The molecule has 0 radical (unpaired) electrons. The summed E-state index contributed by atoms with van der Waals surface area (Å²) < 4.78 is 0. The molecule has 1 aliphatic rings. The summed E-state index contributed by atoms with van der Waals surface area (Å²) in [6, 6.07) is -0.474. The number of rotatable bonds is 2. The molecule has 1 rings (SSSR count). The minimum atomic E-state index is -0.474. The van der Waals surface area contributed by atoms with Crippen LogP contribution in [0.25, 0.3) is 0 Å². The van der Waals surface area contributed by atoms with E-state index < -0.39 is 6.03 Å². The third kappa shape index (κ3) is 1.43. The normalized spacial score (nSPS) is 16.6. The Hall–Kier alpha value is -1.03. The van der Waals surface area contributed by atoms with E-state index in [1.165, 1.54) is 6.21 Å². The molecule has 48 valence electrons. The quantitative estimate of drug-likeness (QED) is 0.566. The van der Waals surface area contributed by atoms with Gasteiger partial charge >= 0.3 is 6.03 Å². The van der Waals surface area contributed by atoms with E-state index in [0.29, 0.717) is 12.1 Å². The van der Waals surface area contributed by atoms with E-state index >= 15 is 0 Å². The Balaban J connectivity index is 2.53. The highest BCUT2D eigenvalue weighted by atomic mass is 16.3. The molecule has 2 amide bonds. The summed E-state index contributed by atoms with van der Waals surface area (Å²) in [6.07, 6.45) is 1.79. The van der Waals surface area contributed by atoms with Crippen molar-refractivity contribution in [3.05, 3.63) is 0 Å². The molecule has 0 aliphatic carbocycles. The molecule has 1 aliphatic heterocycles. The third-order valence-electron chi connectivity index (χ3n) is 0.931. The first-order valence-corrected chi connectivity index (χ1v) is 2.59. The molecule has 0 aromatic carbocycles. The van der Waals surface area contributed by atoms with Gasteiger partial charge in [-0.1, -0.05) is 0 Å². The van der Waals surface area contributed by atoms with Crippen LogP contribution in [0.3, 0.4) is 0 Å². The summed E-state index contributed by atoms with van der Waals surface area (Å²) in [5.41, 5.74) is 0.558. The summed E-state index contributed by atoms with van der Waals surface area (Å²) in [5.74, 6) is 0. The molecule has 1 N–H and O–H groups in total. The molecule has 0 bridgehead atoms. The van der Waals surface area contributed by atoms with Crippen LogP contribution >= 0.6 is 0 Å². The fourth-order valence-corrected chi connectivity index (χ4v) is 0.545. The smallest absolute Gasteiger partial charge is 0.367 e. The first-order valence-electron chi connectivity index (χ1n) is 2.59. The highest BCUT2D eigenvalue weighted by Gasteiger charge is 2.05. The maximum atomic E-state index is 10.3. The number of carbonyl (C=O) groups excluding carboxylic acids is 1. The third-order valence-corrected chi connectivity index (χ3v) is 0.931. The van der Waals surface area contributed by atoms with Crippen molar-refractivity contribution in [1.82, 2.24) is 0 Å². The molecule has 0 spiro atoms.